The maximum Gasteiger partial charge on any atom is 0.261 e. The Morgan fingerprint density at radius 1 is 1.07 bits per heavy atom. The van der Waals surface area contributed by atoms with Gasteiger partial charge in [0.25, 0.3) is 10.0 Å². The Morgan fingerprint density at radius 2 is 1.77 bits per heavy atom. The predicted molar refractivity (Wildman–Crippen MR) is 119 cm³/mol. The van der Waals surface area contributed by atoms with Gasteiger partial charge in [-0.1, -0.05) is 54.1 Å². The Morgan fingerprint density at radius 3 is 2.43 bits per heavy atom. The van der Waals surface area contributed by atoms with Crippen LogP contribution < -0.4 is 9.46 Å². The largest absolute Gasteiger partial charge is 0.489 e. The molecule has 0 fully saturated rings. The molecule has 156 valence electrons. The number of nitrogens with one attached hydrogen (secondary N) is 1. The van der Waals surface area contributed by atoms with E-state index in [1.54, 1.807) is 48.5 Å². The number of ether oxygens (including phenoxy) is 1. The number of aliphatic hydroxyl groups is 1. The van der Waals surface area contributed by atoms with Crippen molar-refractivity contribution in [3.8, 4) is 5.75 Å². The SMILES string of the molecule is C=CCC(O)c1cc(OCc2ccccc2)ccc1NS(=O)(=O)c1ccc(C)cc1. The van der Waals surface area contributed by atoms with Gasteiger partial charge in [-0.15, -0.1) is 6.58 Å². The van der Waals surface area contributed by atoms with E-state index in [-0.39, 0.29) is 11.3 Å². The maximum absolute atomic E-state index is 12.8. The molecule has 0 amide bonds. The first-order valence-corrected chi connectivity index (χ1v) is 11.1. The summed E-state index contributed by atoms with van der Waals surface area (Å²) in [6, 6.07) is 21.2. The Balaban J connectivity index is 1.87. The number of hydrogen-bond acceptors (Lipinski definition) is 4. The van der Waals surface area contributed by atoms with Crippen molar-refractivity contribution in [1.82, 2.24) is 0 Å². The van der Waals surface area contributed by atoms with Crippen LogP contribution in [0.4, 0.5) is 5.69 Å². The molecular formula is C24H25NO4S. The molecule has 3 aromatic rings. The summed E-state index contributed by atoms with van der Waals surface area (Å²) in [5.41, 5.74) is 2.71. The first-order valence-electron chi connectivity index (χ1n) is 9.58. The number of sulfonamides is 1. The van der Waals surface area contributed by atoms with Crippen molar-refractivity contribution >= 4 is 15.7 Å². The van der Waals surface area contributed by atoms with Crippen LogP contribution in [0.2, 0.25) is 0 Å². The molecule has 0 spiro atoms. The molecule has 0 saturated heterocycles. The van der Waals surface area contributed by atoms with Crippen molar-refractivity contribution in [1.29, 1.82) is 0 Å². The van der Waals surface area contributed by atoms with Gasteiger partial charge in [0.1, 0.15) is 12.4 Å². The van der Waals surface area contributed by atoms with Crippen LogP contribution in [0, 0.1) is 6.92 Å². The number of anilines is 1. The van der Waals surface area contributed by atoms with E-state index in [1.807, 2.05) is 37.3 Å². The van der Waals surface area contributed by atoms with Crippen molar-refractivity contribution in [3.05, 3.63) is 102 Å². The van der Waals surface area contributed by atoms with Gasteiger partial charge in [-0.3, -0.25) is 4.72 Å². The van der Waals surface area contributed by atoms with Gasteiger partial charge in [0.2, 0.25) is 0 Å². The van der Waals surface area contributed by atoms with Crippen LogP contribution in [-0.2, 0) is 16.6 Å². The number of hydrogen-bond donors (Lipinski definition) is 2. The second-order valence-corrected chi connectivity index (χ2v) is 8.66. The van der Waals surface area contributed by atoms with Crippen LogP contribution in [0.5, 0.6) is 5.75 Å². The highest BCUT2D eigenvalue weighted by Crippen LogP contribution is 2.31. The Labute approximate surface area is 177 Å². The molecule has 0 heterocycles. The molecular weight excluding hydrogens is 398 g/mol. The predicted octanol–water partition coefficient (Wildman–Crippen LogP) is 4.98. The molecule has 0 saturated carbocycles. The summed E-state index contributed by atoms with van der Waals surface area (Å²) in [6.45, 7) is 5.91. The van der Waals surface area contributed by atoms with Gasteiger partial charge in [-0.05, 0) is 49.2 Å². The standard InChI is InChI=1S/C24H25NO4S/c1-3-7-24(26)22-16-20(29-17-19-8-5-4-6-9-19)12-15-23(22)25-30(27,28)21-13-10-18(2)11-14-21/h3-6,8-16,24-26H,1,7,17H2,2H3. The van der Waals surface area contributed by atoms with E-state index < -0.39 is 16.1 Å². The minimum atomic E-state index is -3.80. The molecule has 1 atom stereocenters. The van der Waals surface area contributed by atoms with Crippen LogP contribution in [0.15, 0.2) is 90.3 Å². The first-order chi connectivity index (χ1) is 14.4. The monoisotopic (exact) mass is 423 g/mol. The number of aliphatic hydroxyl groups excluding tert-OH is 1. The van der Waals surface area contributed by atoms with Crippen molar-refractivity contribution in [2.24, 2.45) is 0 Å². The highest BCUT2D eigenvalue weighted by atomic mass is 32.2. The van der Waals surface area contributed by atoms with E-state index in [0.29, 0.717) is 23.6 Å². The lowest BCUT2D eigenvalue weighted by Crippen LogP contribution is -2.15. The molecule has 0 aromatic heterocycles. The van der Waals surface area contributed by atoms with E-state index in [0.717, 1.165) is 11.1 Å². The van der Waals surface area contributed by atoms with E-state index >= 15 is 0 Å². The summed E-state index contributed by atoms with van der Waals surface area (Å²) < 4.78 is 34.0. The van der Waals surface area contributed by atoms with Crippen molar-refractivity contribution in [3.63, 3.8) is 0 Å². The zero-order valence-electron chi connectivity index (χ0n) is 16.8. The Kier molecular flexibility index (Phi) is 6.92. The average molecular weight is 424 g/mol. The van der Waals surface area contributed by atoms with Crippen LogP contribution in [-0.4, -0.2) is 13.5 Å². The van der Waals surface area contributed by atoms with Gasteiger partial charge in [0.15, 0.2) is 0 Å². The van der Waals surface area contributed by atoms with Gasteiger partial charge in [-0.25, -0.2) is 8.42 Å². The van der Waals surface area contributed by atoms with Crippen molar-refractivity contribution in [2.45, 2.75) is 31.0 Å². The molecule has 3 rings (SSSR count). The number of benzene rings is 3. The third kappa shape index (κ3) is 5.49. The molecule has 3 aromatic carbocycles. The third-order valence-electron chi connectivity index (χ3n) is 4.60. The fraction of sp³-hybridized carbons (Fsp3) is 0.167. The fourth-order valence-electron chi connectivity index (χ4n) is 2.95. The van der Waals surface area contributed by atoms with E-state index in [9.17, 15) is 13.5 Å². The summed E-state index contributed by atoms with van der Waals surface area (Å²) in [6.07, 6.45) is 0.945. The Bertz CT molecular complexity index is 1090. The molecule has 1 unspecified atom stereocenters. The zero-order valence-corrected chi connectivity index (χ0v) is 17.6. The first kappa shape index (κ1) is 21.6. The highest BCUT2D eigenvalue weighted by Gasteiger charge is 2.19. The van der Waals surface area contributed by atoms with E-state index in [1.165, 1.54) is 0 Å². The van der Waals surface area contributed by atoms with Gasteiger partial charge in [0, 0.05) is 5.56 Å². The molecule has 0 aliphatic carbocycles. The third-order valence-corrected chi connectivity index (χ3v) is 5.98. The molecule has 0 bridgehead atoms. The van der Waals surface area contributed by atoms with Crippen molar-refractivity contribution < 1.29 is 18.3 Å². The summed E-state index contributed by atoms with van der Waals surface area (Å²) >= 11 is 0. The summed E-state index contributed by atoms with van der Waals surface area (Å²) in [5, 5.41) is 10.6. The van der Waals surface area contributed by atoms with E-state index in [2.05, 4.69) is 11.3 Å². The second-order valence-electron chi connectivity index (χ2n) is 6.98. The number of aryl methyl sites for hydroxylation is 1. The van der Waals surface area contributed by atoms with Crippen LogP contribution in [0.1, 0.15) is 29.2 Å². The molecule has 5 nitrogen and oxygen atoms in total. The van der Waals surface area contributed by atoms with Crippen LogP contribution in [0.25, 0.3) is 0 Å². The lowest BCUT2D eigenvalue weighted by atomic mass is 10.0. The Hall–Kier alpha value is -3.09. The minimum Gasteiger partial charge on any atom is -0.489 e. The van der Waals surface area contributed by atoms with Gasteiger partial charge < -0.3 is 9.84 Å². The average Bonchev–Trinajstić information content (AvgIpc) is 2.74. The van der Waals surface area contributed by atoms with Gasteiger partial charge in [0.05, 0.1) is 16.7 Å². The second kappa shape index (κ2) is 9.61. The smallest absolute Gasteiger partial charge is 0.261 e. The normalized spacial score (nSPS) is 12.2. The van der Waals surface area contributed by atoms with Crippen LogP contribution in [0.3, 0.4) is 0 Å². The van der Waals surface area contributed by atoms with Gasteiger partial charge >= 0.3 is 0 Å². The highest BCUT2D eigenvalue weighted by molar-refractivity contribution is 7.92. The summed E-state index contributed by atoms with van der Waals surface area (Å²) in [5.74, 6) is 0.537. The maximum atomic E-state index is 12.8. The molecule has 0 radical (unpaired) electrons. The van der Waals surface area contributed by atoms with Gasteiger partial charge in [-0.2, -0.15) is 0 Å². The minimum absolute atomic E-state index is 0.154. The lowest BCUT2D eigenvalue weighted by Gasteiger charge is -2.18. The lowest BCUT2D eigenvalue weighted by molar-refractivity contribution is 0.181. The molecule has 30 heavy (non-hydrogen) atoms. The topological polar surface area (TPSA) is 75.6 Å². The summed E-state index contributed by atoms with van der Waals surface area (Å²) in [4.78, 5) is 0.154. The fourth-order valence-corrected chi connectivity index (χ4v) is 4.03. The molecule has 6 heteroatoms. The quantitative estimate of drug-likeness (QED) is 0.476. The molecule has 2 N–H and O–H groups in total. The van der Waals surface area contributed by atoms with Crippen LogP contribution >= 0.6 is 0 Å². The summed E-state index contributed by atoms with van der Waals surface area (Å²) in [7, 11) is -3.80. The van der Waals surface area contributed by atoms with Crippen molar-refractivity contribution in [2.75, 3.05) is 4.72 Å². The number of rotatable bonds is 9. The zero-order chi connectivity index (χ0) is 21.6. The molecule has 0 aliphatic heterocycles. The molecule has 0 aliphatic rings. The van der Waals surface area contributed by atoms with E-state index in [4.69, 9.17) is 4.74 Å².